The molecule has 0 heterocycles. The van der Waals surface area contributed by atoms with Crippen molar-refractivity contribution in [3.05, 3.63) is 53.3 Å². The third-order valence-corrected chi connectivity index (χ3v) is 2.83. The van der Waals surface area contributed by atoms with Gasteiger partial charge in [-0.3, -0.25) is 4.79 Å². The molecule has 0 aliphatic carbocycles. The SMILES string of the molecule is NC(=O)c1ccc(NCc2cc(N)ccc2O)c(F)c1. The van der Waals surface area contributed by atoms with E-state index in [-0.39, 0.29) is 23.5 Å². The summed E-state index contributed by atoms with van der Waals surface area (Å²) < 4.78 is 13.7. The molecule has 6 N–H and O–H groups in total. The van der Waals surface area contributed by atoms with E-state index < -0.39 is 11.7 Å². The van der Waals surface area contributed by atoms with Crippen molar-refractivity contribution >= 4 is 17.3 Å². The number of phenols is 1. The summed E-state index contributed by atoms with van der Waals surface area (Å²) in [5, 5.41) is 12.5. The van der Waals surface area contributed by atoms with Crippen molar-refractivity contribution in [3.63, 3.8) is 0 Å². The largest absolute Gasteiger partial charge is 0.508 e. The Bertz CT molecular complexity index is 659. The van der Waals surface area contributed by atoms with Gasteiger partial charge in [0.25, 0.3) is 0 Å². The second-order valence-corrected chi connectivity index (χ2v) is 4.30. The number of benzene rings is 2. The molecule has 0 saturated carbocycles. The van der Waals surface area contributed by atoms with Crippen LogP contribution in [0.2, 0.25) is 0 Å². The fraction of sp³-hybridized carbons (Fsp3) is 0.0714. The number of rotatable bonds is 4. The topological polar surface area (TPSA) is 101 Å². The number of anilines is 2. The number of nitrogen functional groups attached to an aromatic ring is 1. The summed E-state index contributed by atoms with van der Waals surface area (Å²) in [5.41, 5.74) is 12.0. The Hall–Kier alpha value is -2.76. The molecule has 6 heteroatoms. The molecule has 0 fully saturated rings. The average molecular weight is 275 g/mol. The molecule has 2 aromatic rings. The lowest BCUT2D eigenvalue weighted by Gasteiger charge is -2.10. The van der Waals surface area contributed by atoms with Gasteiger partial charge in [-0.15, -0.1) is 0 Å². The minimum atomic E-state index is -0.691. The smallest absolute Gasteiger partial charge is 0.248 e. The van der Waals surface area contributed by atoms with Crippen LogP contribution >= 0.6 is 0 Å². The highest BCUT2D eigenvalue weighted by molar-refractivity contribution is 5.93. The van der Waals surface area contributed by atoms with Crippen LogP contribution in [0.15, 0.2) is 36.4 Å². The number of nitrogens with one attached hydrogen (secondary N) is 1. The third-order valence-electron chi connectivity index (χ3n) is 2.83. The van der Waals surface area contributed by atoms with Gasteiger partial charge in [-0.25, -0.2) is 4.39 Å². The maximum atomic E-state index is 13.7. The molecule has 0 unspecified atom stereocenters. The van der Waals surface area contributed by atoms with Crippen LogP contribution in [0.5, 0.6) is 5.75 Å². The van der Waals surface area contributed by atoms with E-state index in [1.807, 2.05) is 0 Å². The molecule has 2 aromatic carbocycles. The van der Waals surface area contributed by atoms with Gasteiger partial charge in [0.1, 0.15) is 11.6 Å². The Morgan fingerprint density at radius 3 is 2.65 bits per heavy atom. The van der Waals surface area contributed by atoms with Crippen molar-refractivity contribution in [2.75, 3.05) is 11.1 Å². The van der Waals surface area contributed by atoms with Gasteiger partial charge >= 0.3 is 0 Å². The Morgan fingerprint density at radius 2 is 2.00 bits per heavy atom. The maximum absolute atomic E-state index is 13.7. The molecule has 1 amide bonds. The number of carbonyl (C=O) groups excluding carboxylic acids is 1. The summed E-state index contributed by atoms with van der Waals surface area (Å²) in [5.74, 6) is -1.21. The van der Waals surface area contributed by atoms with E-state index in [2.05, 4.69) is 5.32 Å². The van der Waals surface area contributed by atoms with Gasteiger partial charge in [0, 0.05) is 23.4 Å². The standard InChI is InChI=1S/C14H14FN3O2/c15-11-6-8(14(17)20)1-3-12(11)18-7-9-5-10(16)2-4-13(9)19/h1-6,18-19H,7,16H2,(H2,17,20). The normalized spacial score (nSPS) is 10.2. The Balaban J connectivity index is 2.15. The second-order valence-electron chi connectivity index (χ2n) is 4.30. The second kappa shape index (κ2) is 5.48. The van der Waals surface area contributed by atoms with Crippen LogP contribution < -0.4 is 16.8 Å². The zero-order valence-electron chi connectivity index (χ0n) is 10.6. The van der Waals surface area contributed by atoms with Crippen LogP contribution in [-0.2, 0) is 6.54 Å². The molecule has 20 heavy (non-hydrogen) atoms. The Labute approximate surface area is 115 Å². The first-order chi connectivity index (χ1) is 9.47. The van der Waals surface area contributed by atoms with Crippen LogP contribution in [0.25, 0.3) is 0 Å². The quantitative estimate of drug-likeness (QED) is 0.505. The lowest BCUT2D eigenvalue weighted by atomic mass is 10.1. The van der Waals surface area contributed by atoms with Crippen molar-refractivity contribution in [2.45, 2.75) is 6.54 Å². The van der Waals surface area contributed by atoms with Crippen molar-refractivity contribution < 1.29 is 14.3 Å². The number of carbonyl (C=O) groups is 1. The Morgan fingerprint density at radius 1 is 1.25 bits per heavy atom. The summed E-state index contributed by atoms with van der Waals surface area (Å²) in [7, 11) is 0. The van der Waals surface area contributed by atoms with Crippen molar-refractivity contribution in [1.82, 2.24) is 0 Å². The van der Waals surface area contributed by atoms with E-state index in [0.717, 1.165) is 6.07 Å². The van der Waals surface area contributed by atoms with E-state index >= 15 is 0 Å². The summed E-state index contributed by atoms with van der Waals surface area (Å²) in [6.07, 6.45) is 0. The summed E-state index contributed by atoms with van der Waals surface area (Å²) >= 11 is 0. The number of amides is 1. The molecule has 0 aliphatic heterocycles. The van der Waals surface area contributed by atoms with Crippen LogP contribution in [0.3, 0.4) is 0 Å². The van der Waals surface area contributed by atoms with Crippen molar-refractivity contribution in [3.8, 4) is 5.75 Å². The summed E-state index contributed by atoms with van der Waals surface area (Å²) in [6.45, 7) is 0.198. The molecular weight excluding hydrogens is 261 g/mol. The van der Waals surface area contributed by atoms with Gasteiger partial charge in [-0.1, -0.05) is 0 Å². The first-order valence-electron chi connectivity index (χ1n) is 5.88. The lowest BCUT2D eigenvalue weighted by Crippen LogP contribution is -2.11. The minimum Gasteiger partial charge on any atom is -0.508 e. The fourth-order valence-electron chi connectivity index (χ4n) is 1.75. The highest BCUT2D eigenvalue weighted by Gasteiger charge is 2.08. The van der Waals surface area contributed by atoms with Crippen molar-refractivity contribution in [2.24, 2.45) is 5.73 Å². The summed E-state index contributed by atoms with van der Waals surface area (Å²) in [4.78, 5) is 10.9. The molecule has 2 rings (SSSR count). The number of primary amides is 1. The lowest BCUT2D eigenvalue weighted by molar-refractivity contribution is 0.1000. The molecule has 104 valence electrons. The zero-order valence-corrected chi connectivity index (χ0v) is 10.6. The number of hydrogen-bond acceptors (Lipinski definition) is 4. The van der Waals surface area contributed by atoms with Crippen LogP contribution in [0, 0.1) is 5.82 Å². The van der Waals surface area contributed by atoms with Crippen molar-refractivity contribution in [1.29, 1.82) is 0 Å². The van der Waals surface area contributed by atoms with E-state index in [9.17, 15) is 14.3 Å². The summed E-state index contributed by atoms with van der Waals surface area (Å²) in [6, 6.07) is 8.54. The monoisotopic (exact) mass is 275 g/mol. The minimum absolute atomic E-state index is 0.0702. The Kier molecular flexibility index (Phi) is 3.74. The van der Waals surface area contributed by atoms with Crippen LogP contribution in [0.4, 0.5) is 15.8 Å². The van der Waals surface area contributed by atoms with Gasteiger partial charge < -0.3 is 21.9 Å². The fourth-order valence-corrected chi connectivity index (χ4v) is 1.75. The number of phenolic OH excluding ortho intramolecular Hbond substituents is 1. The average Bonchev–Trinajstić information content (AvgIpc) is 2.40. The van der Waals surface area contributed by atoms with Gasteiger partial charge in [0.15, 0.2) is 0 Å². The van der Waals surface area contributed by atoms with E-state index in [4.69, 9.17) is 11.5 Å². The predicted octanol–water partition coefficient (Wildman–Crippen LogP) is 1.82. The van der Waals surface area contributed by atoms with Gasteiger partial charge in [-0.2, -0.15) is 0 Å². The van der Waals surface area contributed by atoms with Gasteiger partial charge in [-0.05, 0) is 36.4 Å². The molecule has 0 spiro atoms. The molecular formula is C14H14FN3O2. The molecule has 5 nitrogen and oxygen atoms in total. The van der Waals surface area contributed by atoms with E-state index in [0.29, 0.717) is 11.3 Å². The first kappa shape index (κ1) is 13.7. The van der Waals surface area contributed by atoms with Crippen LogP contribution in [0.1, 0.15) is 15.9 Å². The molecule has 0 aromatic heterocycles. The molecule has 0 bridgehead atoms. The molecule has 0 aliphatic rings. The molecule has 0 saturated heterocycles. The van der Waals surface area contributed by atoms with Gasteiger partial charge in [0.05, 0.1) is 5.69 Å². The zero-order chi connectivity index (χ0) is 14.7. The molecule has 0 radical (unpaired) electrons. The third kappa shape index (κ3) is 2.97. The van der Waals surface area contributed by atoms with Crippen LogP contribution in [-0.4, -0.2) is 11.0 Å². The highest BCUT2D eigenvalue weighted by Crippen LogP contribution is 2.22. The van der Waals surface area contributed by atoms with E-state index in [1.54, 1.807) is 12.1 Å². The molecule has 0 atom stereocenters. The van der Waals surface area contributed by atoms with E-state index in [1.165, 1.54) is 18.2 Å². The number of aromatic hydroxyl groups is 1. The van der Waals surface area contributed by atoms with Gasteiger partial charge in [0.2, 0.25) is 5.91 Å². The number of hydrogen-bond donors (Lipinski definition) is 4. The number of halogens is 1. The highest BCUT2D eigenvalue weighted by atomic mass is 19.1. The maximum Gasteiger partial charge on any atom is 0.248 e. The number of nitrogens with two attached hydrogens (primary N) is 2. The predicted molar refractivity (Wildman–Crippen MR) is 74.8 cm³/mol. The first-order valence-corrected chi connectivity index (χ1v) is 5.88.